The minimum absolute atomic E-state index is 0.402. The quantitative estimate of drug-likeness (QED) is 0.266. The number of hydrazine groups is 1. The minimum Gasteiger partial charge on any atom is -0.493 e. The van der Waals surface area contributed by atoms with E-state index >= 15 is 0 Å². The Labute approximate surface area is 145 Å². The fourth-order valence-corrected chi connectivity index (χ4v) is 1.95. The van der Waals surface area contributed by atoms with Gasteiger partial charge >= 0.3 is 0 Å². The summed E-state index contributed by atoms with van der Waals surface area (Å²) in [7, 11) is 0. The molecule has 0 saturated carbocycles. The second-order valence-electron chi connectivity index (χ2n) is 4.86. The van der Waals surface area contributed by atoms with Gasteiger partial charge in [0.05, 0.1) is 6.61 Å². The molecule has 2 N–H and O–H groups in total. The average Bonchev–Trinajstić information content (AvgIpc) is 2.64. The summed E-state index contributed by atoms with van der Waals surface area (Å²) in [4.78, 5) is 11.7. The number of amides is 1. The molecule has 0 aliphatic rings. The smallest absolute Gasteiger partial charge is 0.262 e. The lowest BCUT2D eigenvalue weighted by molar-refractivity contribution is -0.116. The molecule has 0 spiro atoms. The van der Waals surface area contributed by atoms with Gasteiger partial charge < -0.3 is 4.74 Å². The fraction of sp³-hybridized carbons (Fsp3) is 0.118. The Morgan fingerprint density at radius 3 is 2.19 bits per heavy atom. The van der Waals surface area contributed by atoms with Crippen LogP contribution in [-0.2, 0) is 4.79 Å². The van der Waals surface area contributed by atoms with Gasteiger partial charge in [-0.3, -0.25) is 15.6 Å². The lowest BCUT2D eigenvalue weighted by Gasteiger charge is -2.11. The molecule has 138 valence electrons. The molecule has 9 heteroatoms. The first-order chi connectivity index (χ1) is 12.4. The Balaban J connectivity index is 2.11. The van der Waals surface area contributed by atoms with E-state index in [1.807, 2.05) is 5.43 Å². The number of anilines is 1. The third kappa shape index (κ3) is 4.11. The number of carbonyl (C=O) groups excluding carboxylic acids is 1. The molecule has 0 saturated heterocycles. The van der Waals surface area contributed by atoms with Crippen LogP contribution >= 0.6 is 0 Å². The molecule has 2 aromatic carbocycles. The van der Waals surface area contributed by atoms with Gasteiger partial charge in [0.2, 0.25) is 5.82 Å². The molecule has 2 rings (SSSR count). The van der Waals surface area contributed by atoms with Crippen molar-refractivity contribution in [1.82, 2.24) is 5.43 Å². The third-order valence-electron chi connectivity index (χ3n) is 3.15. The molecular weight excluding hydrogens is 359 g/mol. The van der Waals surface area contributed by atoms with E-state index in [9.17, 15) is 26.7 Å². The summed E-state index contributed by atoms with van der Waals surface area (Å²) in [6.07, 6.45) is 2.36. The van der Waals surface area contributed by atoms with E-state index in [1.54, 1.807) is 36.6 Å². The Morgan fingerprint density at radius 2 is 1.58 bits per heavy atom. The predicted molar refractivity (Wildman–Crippen MR) is 84.6 cm³/mol. The maximum absolute atomic E-state index is 13.5. The van der Waals surface area contributed by atoms with Gasteiger partial charge in [-0.2, -0.15) is 0 Å². The average molecular weight is 372 g/mol. The summed E-state index contributed by atoms with van der Waals surface area (Å²) >= 11 is 0. The standard InChI is InChI=1S/C17H13F5N2O2/c1-2-26-10-6-4-3-5-9(10)7-8-11(25)23-24-17-15(21)13(19)12(18)14(20)16(17)22/h3-8,24H,2H2,1H3,(H,23,25)/b8-7+. The number of carbonyl (C=O) groups is 1. The van der Waals surface area contributed by atoms with E-state index in [-0.39, 0.29) is 0 Å². The molecule has 0 heterocycles. The second-order valence-corrected chi connectivity index (χ2v) is 4.86. The molecule has 0 aliphatic carbocycles. The Kier molecular flexibility index (Phi) is 6.16. The molecule has 0 bridgehead atoms. The van der Waals surface area contributed by atoms with Crippen LogP contribution in [0.4, 0.5) is 27.6 Å². The van der Waals surface area contributed by atoms with Crippen LogP contribution in [0.5, 0.6) is 5.75 Å². The van der Waals surface area contributed by atoms with Crippen molar-refractivity contribution in [3.05, 3.63) is 65.0 Å². The summed E-state index contributed by atoms with van der Waals surface area (Å²) in [5, 5.41) is 0. The SMILES string of the molecule is CCOc1ccccc1/C=C/C(=O)NNc1c(F)c(F)c(F)c(F)c1F. The van der Waals surface area contributed by atoms with Crippen molar-refractivity contribution in [2.45, 2.75) is 6.92 Å². The zero-order chi connectivity index (χ0) is 19.3. The number of hydrogen-bond acceptors (Lipinski definition) is 3. The van der Waals surface area contributed by atoms with Crippen molar-refractivity contribution in [3.8, 4) is 5.75 Å². The summed E-state index contributed by atoms with van der Waals surface area (Å²) < 4.78 is 71.4. The first-order valence-corrected chi connectivity index (χ1v) is 7.34. The Morgan fingerprint density at radius 1 is 1.00 bits per heavy atom. The Hall–Kier alpha value is -3.10. The summed E-state index contributed by atoms with van der Waals surface area (Å²) in [5.41, 5.74) is 2.70. The highest BCUT2D eigenvalue weighted by Crippen LogP contribution is 2.26. The summed E-state index contributed by atoms with van der Waals surface area (Å²) in [6, 6.07) is 6.76. The number of para-hydroxylation sites is 1. The van der Waals surface area contributed by atoms with Crippen molar-refractivity contribution in [1.29, 1.82) is 0 Å². The van der Waals surface area contributed by atoms with Crippen LogP contribution in [0.15, 0.2) is 30.3 Å². The highest BCUT2D eigenvalue weighted by atomic mass is 19.2. The zero-order valence-corrected chi connectivity index (χ0v) is 13.4. The van der Waals surface area contributed by atoms with E-state index in [4.69, 9.17) is 4.74 Å². The van der Waals surface area contributed by atoms with Crippen LogP contribution < -0.4 is 15.6 Å². The van der Waals surface area contributed by atoms with E-state index in [2.05, 4.69) is 0 Å². The first-order valence-electron chi connectivity index (χ1n) is 7.34. The van der Waals surface area contributed by atoms with E-state index < -0.39 is 40.7 Å². The monoisotopic (exact) mass is 372 g/mol. The minimum atomic E-state index is -2.29. The fourth-order valence-electron chi connectivity index (χ4n) is 1.95. The summed E-state index contributed by atoms with van der Waals surface area (Å²) in [6.45, 7) is 2.18. The highest BCUT2D eigenvalue weighted by Gasteiger charge is 2.25. The number of nitrogens with one attached hydrogen (secondary N) is 2. The number of benzene rings is 2. The number of rotatable bonds is 6. The van der Waals surface area contributed by atoms with Gasteiger partial charge in [0.1, 0.15) is 11.4 Å². The van der Waals surface area contributed by atoms with Crippen molar-refractivity contribution in [2.75, 3.05) is 12.0 Å². The zero-order valence-electron chi connectivity index (χ0n) is 13.4. The molecule has 1 amide bonds. The van der Waals surface area contributed by atoms with Crippen LogP contribution in [0.25, 0.3) is 6.08 Å². The van der Waals surface area contributed by atoms with Gasteiger partial charge in [-0.1, -0.05) is 18.2 Å². The van der Waals surface area contributed by atoms with Crippen molar-refractivity contribution in [3.63, 3.8) is 0 Å². The normalized spacial score (nSPS) is 10.8. The van der Waals surface area contributed by atoms with Crippen LogP contribution in [0.3, 0.4) is 0 Å². The highest BCUT2D eigenvalue weighted by molar-refractivity contribution is 5.92. The van der Waals surface area contributed by atoms with Gasteiger partial charge in [-0.25, -0.2) is 22.0 Å². The van der Waals surface area contributed by atoms with E-state index in [0.717, 1.165) is 6.08 Å². The maximum Gasteiger partial charge on any atom is 0.262 e. The third-order valence-corrected chi connectivity index (χ3v) is 3.15. The summed E-state index contributed by atoms with van der Waals surface area (Å²) in [5.74, 6) is -11.1. The molecule has 2 aromatic rings. The molecule has 4 nitrogen and oxygen atoms in total. The molecule has 0 aromatic heterocycles. The van der Waals surface area contributed by atoms with Crippen molar-refractivity contribution < 1.29 is 31.5 Å². The maximum atomic E-state index is 13.5. The number of hydrogen-bond donors (Lipinski definition) is 2. The van der Waals surface area contributed by atoms with E-state index in [1.165, 1.54) is 6.08 Å². The van der Waals surface area contributed by atoms with Gasteiger partial charge in [0.15, 0.2) is 23.3 Å². The van der Waals surface area contributed by atoms with E-state index in [0.29, 0.717) is 17.9 Å². The topological polar surface area (TPSA) is 50.4 Å². The van der Waals surface area contributed by atoms with Gasteiger partial charge in [0.25, 0.3) is 5.91 Å². The predicted octanol–water partition coefficient (Wildman–Crippen LogP) is 3.94. The molecule has 0 radical (unpaired) electrons. The molecular formula is C17H13F5N2O2. The van der Waals surface area contributed by atoms with Gasteiger partial charge in [-0.15, -0.1) is 0 Å². The van der Waals surface area contributed by atoms with Crippen molar-refractivity contribution >= 4 is 17.7 Å². The lowest BCUT2D eigenvalue weighted by Crippen LogP contribution is -2.29. The van der Waals surface area contributed by atoms with Crippen molar-refractivity contribution in [2.24, 2.45) is 0 Å². The Bertz CT molecular complexity index is 826. The largest absolute Gasteiger partial charge is 0.493 e. The second kappa shape index (κ2) is 8.32. The van der Waals surface area contributed by atoms with Crippen LogP contribution in [0.1, 0.15) is 12.5 Å². The van der Waals surface area contributed by atoms with Crippen LogP contribution in [-0.4, -0.2) is 12.5 Å². The van der Waals surface area contributed by atoms with Crippen LogP contribution in [0, 0.1) is 29.1 Å². The molecule has 0 fully saturated rings. The molecule has 0 atom stereocenters. The lowest BCUT2D eigenvalue weighted by atomic mass is 10.2. The molecule has 0 unspecified atom stereocenters. The molecule has 0 aliphatic heterocycles. The van der Waals surface area contributed by atoms with Gasteiger partial charge in [0, 0.05) is 11.6 Å². The van der Waals surface area contributed by atoms with Gasteiger partial charge in [-0.05, 0) is 19.1 Å². The number of ether oxygens (including phenoxy) is 1. The number of halogens is 5. The first kappa shape index (κ1) is 19.2. The molecule has 26 heavy (non-hydrogen) atoms. The van der Waals surface area contributed by atoms with Crippen LogP contribution in [0.2, 0.25) is 0 Å².